The van der Waals surface area contributed by atoms with Crippen molar-refractivity contribution in [3.05, 3.63) is 51.5 Å². The van der Waals surface area contributed by atoms with E-state index < -0.39 is 5.91 Å². The van der Waals surface area contributed by atoms with Crippen LogP contribution < -0.4 is 19.6 Å². The standard InChI is InChI=1S/C17H16BrClN2O4/c1-23-15-7-11(6-14(18)17(15)24-2)9-20-21-16(22)10-25-13-5-3-4-12(19)8-13/h3-9H,10H2,1-2H3,(H,21,22)/b20-9+. The summed E-state index contributed by atoms with van der Waals surface area (Å²) in [5.41, 5.74) is 3.11. The van der Waals surface area contributed by atoms with E-state index in [1.807, 2.05) is 0 Å². The molecule has 132 valence electrons. The molecule has 0 bridgehead atoms. The number of nitrogens with zero attached hydrogens (tertiary/aromatic N) is 1. The SMILES string of the molecule is COc1cc(/C=N/NC(=O)COc2cccc(Cl)c2)cc(Br)c1OC. The number of methoxy groups -OCH3 is 2. The second kappa shape index (κ2) is 9.29. The number of benzene rings is 2. The summed E-state index contributed by atoms with van der Waals surface area (Å²) in [6.07, 6.45) is 1.49. The van der Waals surface area contributed by atoms with E-state index in [0.717, 1.165) is 5.56 Å². The first kappa shape index (κ1) is 19.1. The van der Waals surface area contributed by atoms with E-state index in [1.165, 1.54) is 6.21 Å². The molecule has 2 aromatic rings. The fourth-order valence-electron chi connectivity index (χ4n) is 1.93. The second-order valence-corrected chi connectivity index (χ2v) is 6.07. The molecule has 0 saturated heterocycles. The number of carbonyl (C=O) groups excluding carboxylic acids is 1. The Labute approximate surface area is 158 Å². The third kappa shape index (κ3) is 5.65. The average Bonchev–Trinajstić information content (AvgIpc) is 2.59. The number of carbonyl (C=O) groups is 1. The molecule has 0 aliphatic carbocycles. The third-order valence-electron chi connectivity index (χ3n) is 3.02. The summed E-state index contributed by atoms with van der Waals surface area (Å²) in [6, 6.07) is 10.3. The second-order valence-electron chi connectivity index (χ2n) is 4.78. The number of hydrogen-bond acceptors (Lipinski definition) is 5. The lowest BCUT2D eigenvalue weighted by Crippen LogP contribution is -2.24. The topological polar surface area (TPSA) is 69.2 Å². The van der Waals surface area contributed by atoms with Gasteiger partial charge in [-0.05, 0) is 51.8 Å². The van der Waals surface area contributed by atoms with Crippen molar-refractivity contribution >= 4 is 39.7 Å². The maximum atomic E-state index is 11.7. The maximum Gasteiger partial charge on any atom is 0.277 e. The summed E-state index contributed by atoms with van der Waals surface area (Å²) in [4.78, 5) is 11.7. The van der Waals surface area contributed by atoms with Gasteiger partial charge in [-0.3, -0.25) is 4.79 Å². The van der Waals surface area contributed by atoms with E-state index in [-0.39, 0.29) is 6.61 Å². The molecule has 25 heavy (non-hydrogen) atoms. The molecule has 0 radical (unpaired) electrons. The number of rotatable bonds is 7. The van der Waals surface area contributed by atoms with E-state index in [0.29, 0.717) is 26.7 Å². The molecule has 6 nitrogen and oxygen atoms in total. The van der Waals surface area contributed by atoms with Crippen LogP contribution in [0, 0.1) is 0 Å². The van der Waals surface area contributed by atoms with Crippen LogP contribution in [-0.4, -0.2) is 32.9 Å². The van der Waals surface area contributed by atoms with Gasteiger partial charge in [0.05, 0.1) is 24.9 Å². The van der Waals surface area contributed by atoms with Crippen molar-refractivity contribution in [3.8, 4) is 17.2 Å². The largest absolute Gasteiger partial charge is 0.493 e. The quantitative estimate of drug-likeness (QED) is 0.541. The molecule has 0 fully saturated rings. The normalized spacial score (nSPS) is 10.6. The van der Waals surface area contributed by atoms with Crippen LogP contribution >= 0.6 is 27.5 Å². The number of hydrogen-bond donors (Lipinski definition) is 1. The average molecular weight is 428 g/mol. The van der Waals surface area contributed by atoms with Crippen LogP contribution in [0.4, 0.5) is 0 Å². The first-order chi connectivity index (χ1) is 12.0. The summed E-state index contributed by atoms with van der Waals surface area (Å²) in [5, 5.41) is 4.43. The van der Waals surface area contributed by atoms with Gasteiger partial charge in [0, 0.05) is 5.02 Å². The first-order valence-electron chi connectivity index (χ1n) is 7.15. The third-order valence-corrected chi connectivity index (χ3v) is 3.85. The van der Waals surface area contributed by atoms with Crippen molar-refractivity contribution < 1.29 is 19.0 Å². The Kier molecular flexibility index (Phi) is 7.09. The van der Waals surface area contributed by atoms with Crippen LogP contribution in [0.15, 0.2) is 46.0 Å². The molecule has 0 unspecified atom stereocenters. The smallest absolute Gasteiger partial charge is 0.277 e. The van der Waals surface area contributed by atoms with Crippen LogP contribution in [0.25, 0.3) is 0 Å². The fourth-order valence-corrected chi connectivity index (χ4v) is 2.73. The van der Waals surface area contributed by atoms with Crippen LogP contribution in [-0.2, 0) is 4.79 Å². The Morgan fingerprint density at radius 1 is 1.28 bits per heavy atom. The van der Waals surface area contributed by atoms with E-state index in [4.69, 9.17) is 25.8 Å². The molecule has 0 saturated carbocycles. The monoisotopic (exact) mass is 426 g/mol. The van der Waals surface area contributed by atoms with Crippen molar-refractivity contribution in [3.63, 3.8) is 0 Å². The highest BCUT2D eigenvalue weighted by molar-refractivity contribution is 9.10. The molecular formula is C17H16BrClN2O4. The minimum Gasteiger partial charge on any atom is -0.493 e. The van der Waals surface area contributed by atoms with Crippen molar-refractivity contribution in [2.24, 2.45) is 5.10 Å². The molecule has 8 heteroatoms. The number of amides is 1. The summed E-state index contributed by atoms with van der Waals surface area (Å²) < 4.78 is 16.5. The zero-order valence-corrected chi connectivity index (χ0v) is 15.9. The fraction of sp³-hybridized carbons (Fsp3) is 0.176. The Hall–Kier alpha value is -2.25. The molecule has 1 N–H and O–H groups in total. The zero-order chi connectivity index (χ0) is 18.2. The molecule has 0 spiro atoms. The molecule has 2 aromatic carbocycles. The van der Waals surface area contributed by atoms with Gasteiger partial charge in [-0.1, -0.05) is 17.7 Å². The molecule has 0 aromatic heterocycles. The van der Waals surface area contributed by atoms with Crippen molar-refractivity contribution in [2.75, 3.05) is 20.8 Å². The van der Waals surface area contributed by atoms with Crippen LogP contribution in [0.3, 0.4) is 0 Å². The van der Waals surface area contributed by atoms with E-state index in [2.05, 4.69) is 26.5 Å². The Morgan fingerprint density at radius 3 is 2.76 bits per heavy atom. The van der Waals surface area contributed by atoms with Gasteiger partial charge in [0.2, 0.25) is 0 Å². The maximum absolute atomic E-state index is 11.7. The first-order valence-corrected chi connectivity index (χ1v) is 8.32. The van der Waals surface area contributed by atoms with Gasteiger partial charge >= 0.3 is 0 Å². The summed E-state index contributed by atoms with van der Waals surface area (Å²) >= 11 is 9.24. The number of hydrazone groups is 1. The Morgan fingerprint density at radius 2 is 2.08 bits per heavy atom. The summed E-state index contributed by atoms with van der Waals surface area (Å²) in [5.74, 6) is 1.25. The number of nitrogens with one attached hydrogen (secondary N) is 1. The molecule has 0 atom stereocenters. The molecule has 0 aliphatic rings. The van der Waals surface area contributed by atoms with Gasteiger partial charge in [0.25, 0.3) is 5.91 Å². The van der Waals surface area contributed by atoms with Gasteiger partial charge in [-0.25, -0.2) is 5.43 Å². The van der Waals surface area contributed by atoms with Crippen molar-refractivity contribution in [1.29, 1.82) is 0 Å². The molecule has 0 aliphatic heterocycles. The van der Waals surface area contributed by atoms with Gasteiger partial charge in [0.15, 0.2) is 18.1 Å². The zero-order valence-electron chi connectivity index (χ0n) is 13.6. The predicted octanol–water partition coefficient (Wildman–Crippen LogP) is 3.65. The highest BCUT2D eigenvalue weighted by atomic mass is 79.9. The predicted molar refractivity (Wildman–Crippen MR) is 99.9 cm³/mol. The Bertz CT molecular complexity index is 783. The lowest BCUT2D eigenvalue weighted by molar-refractivity contribution is -0.123. The number of halogens is 2. The molecular weight excluding hydrogens is 412 g/mol. The molecule has 0 heterocycles. The van der Waals surface area contributed by atoms with Crippen LogP contribution in [0.5, 0.6) is 17.2 Å². The highest BCUT2D eigenvalue weighted by Gasteiger charge is 2.09. The lowest BCUT2D eigenvalue weighted by atomic mass is 10.2. The molecule has 1 amide bonds. The van der Waals surface area contributed by atoms with E-state index in [9.17, 15) is 4.79 Å². The Balaban J connectivity index is 1.92. The van der Waals surface area contributed by atoms with E-state index >= 15 is 0 Å². The highest BCUT2D eigenvalue weighted by Crippen LogP contribution is 2.35. The van der Waals surface area contributed by atoms with Gasteiger partial charge in [-0.15, -0.1) is 0 Å². The van der Waals surface area contributed by atoms with Crippen molar-refractivity contribution in [1.82, 2.24) is 5.43 Å². The molecule has 2 rings (SSSR count). The van der Waals surface area contributed by atoms with Gasteiger partial charge < -0.3 is 14.2 Å². The summed E-state index contributed by atoms with van der Waals surface area (Å²) in [6.45, 7) is -0.173. The minimum absolute atomic E-state index is 0.173. The minimum atomic E-state index is -0.393. The van der Waals surface area contributed by atoms with Crippen molar-refractivity contribution in [2.45, 2.75) is 0 Å². The van der Waals surface area contributed by atoms with E-state index in [1.54, 1.807) is 50.6 Å². The number of ether oxygens (including phenoxy) is 3. The van der Waals surface area contributed by atoms with Gasteiger partial charge in [0.1, 0.15) is 5.75 Å². The lowest BCUT2D eigenvalue weighted by Gasteiger charge is -2.10. The van der Waals surface area contributed by atoms with Crippen LogP contribution in [0.1, 0.15) is 5.56 Å². The van der Waals surface area contributed by atoms with Crippen LogP contribution in [0.2, 0.25) is 5.02 Å². The summed E-state index contributed by atoms with van der Waals surface area (Å²) in [7, 11) is 3.09. The van der Waals surface area contributed by atoms with Gasteiger partial charge in [-0.2, -0.15) is 5.10 Å².